The molecule has 3 rings (SSSR count). The van der Waals surface area contributed by atoms with Gasteiger partial charge in [-0.05, 0) is 17.7 Å². The summed E-state index contributed by atoms with van der Waals surface area (Å²) in [6.45, 7) is 0.538. The first kappa shape index (κ1) is 20.8. The lowest BCUT2D eigenvalue weighted by atomic mass is 10.1. The van der Waals surface area contributed by atoms with Crippen LogP contribution in [0.5, 0.6) is 0 Å². The lowest BCUT2D eigenvalue weighted by Gasteiger charge is -2.02. The van der Waals surface area contributed by atoms with E-state index in [0.29, 0.717) is 17.6 Å². The van der Waals surface area contributed by atoms with Crippen molar-refractivity contribution in [3.05, 3.63) is 65.5 Å². The standard InChI is InChI=1S/C17H17N5S.2ClH/c18-14-8-6-13(7-9-14)15-11-23-17(21-15)22-16(19)20-10-12-4-2-1-3-5-12;;/h1-9,11H,10,18H2,(H3,19,20,21,22);2*1H. The van der Waals surface area contributed by atoms with Crippen molar-refractivity contribution < 1.29 is 0 Å². The molecule has 0 aliphatic heterocycles. The minimum absolute atomic E-state index is 0. The number of rotatable bonds is 4. The summed E-state index contributed by atoms with van der Waals surface area (Å²) in [5, 5.41) is 5.71. The van der Waals surface area contributed by atoms with Crippen molar-refractivity contribution in [2.75, 3.05) is 11.1 Å². The highest BCUT2D eigenvalue weighted by Crippen LogP contribution is 2.25. The Hall–Kier alpha value is -2.28. The minimum atomic E-state index is 0. The zero-order chi connectivity index (χ0) is 16.1. The minimum Gasteiger partial charge on any atom is -0.399 e. The molecule has 5 N–H and O–H groups in total. The Morgan fingerprint density at radius 2 is 1.72 bits per heavy atom. The fourth-order valence-electron chi connectivity index (χ4n) is 2.03. The molecule has 0 bridgehead atoms. The average molecular weight is 396 g/mol. The van der Waals surface area contributed by atoms with E-state index in [4.69, 9.17) is 11.5 Å². The summed E-state index contributed by atoms with van der Waals surface area (Å²) in [7, 11) is 0. The Kier molecular flexibility index (Phi) is 8.21. The maximum atomic E-state index is 5.91. The van der Waals surface area contributed by atoms with Crippen LogP contribution in [-0.4, -0.2) is 10.9 Å². The molecule has 132 valence electrons. The molecule has 0 aliphatic carbocycles. The number of aromatic nitrogens is 1. The number of aliphatic imine (C=N–C) groups is 1. The van der Waals surface area contributed by atoms with Crippen LogP contribution in [0.25, 0.3) is 11.3 Å². The average Bonchev–Trinajstić information content (AvgIpc) is 3.03. The first-order valence-electron chi connectivity index (χ1n) is 7.13. The number of nitrogens with one attached hydrogen (secondary N) is 1. The third-order valence-electron chi connectivity index (χ3n) is 3.22. The van der Waals surface area contributed by atoms with Gasteiger partial charge in [0.05, 0.1) is 12.2 Å². The fraction of sp³-hybridized carbons (Fsp3) is 0.0588. The van der Waals surface area contributed by atoms with Crippen LogP contribution in [0.3, 0.4) is 0 Å². The molecular weight excluding hydrogens is 377 g/mol. The molecule has 8 heteroatoms. The van der Waals surface area contributed by atoms with Gasteiger partial charge in [0.2, 0.25) is 0 Å². The molecule has 0 fully saturated rings. The van der Waals surface area contributed by atoms with E-state index >= 15 is 0 Å². The second-order valence-corrected chi connectivity index (χ2v) is 5.83. The molecule has 0 saturated heterocycles. The monoisotopic (exact) mass is 395 g/mol. The van der Waals surface area contributed by atoms with Crippen LogP contribution in [0.4, 0.5) is 10.8 Å². The van der Waals surface area contributed by atoms with E-state index < -0.39 is 0 Å². The first-order valence-corrected chi connectivity index (χ1v) is 8.01. The van der Waals surface area contributed by atoms with Crippen molar-refractivity contribution in [3.63, 3.8) is 0 Å². The van der Waals surface area contributed by atoms with Crippen LogP contribution < -0.4 is 16.8 Å². The van der Waals surface area contributed by atoms with Gasteiger partial charge in [0.25, 0.3) is 0 Å². The van der Waals surface area contributed by atoms with Gasteiger partial charge in [-0.1, -0.05) is 42.5 Å². The number of hydrogen-bond acceptors (Lipinski definition) is 4. The Balaban J connectivity index is 0.00000156. The maximum absolute atomic E-state index is 5.91. The summed E-state index contributed by atoms with van der Waals surface area (Å²) < 4.78 is 0. The molecule has 0 atom stereocenters. The van der Waals surface area contributed by atoms with Crippen molar-refractivity contribution in [1.29, 1.82) is 0 Å². The first-order chi connectivity index (χ1) is 11.2. The van der Waals surface area contributed by atoms with E-state index in [0.717, 1.165) is 22.5 Å². The summed E-state index contributed by atoms with van der Waals surface area (Å²) in [6, 6.07) is 17.6. The van der Waals surface area contributed by atoms with Gasteiger partial charge in [-0.15, -0.1) is 36.2 Å². The summed E-state index contributed by atoms with van der Waals surface area (Å²) in [5.41, 5.74) is 15.4. The van der Waals surface area contributed by atoms with E-state index in [1.165, 1.54) is 11.3 Å². The highest BCUT2D eigenvalue weighted by atomic mass is 35.5. The Morgan fingerprint density at radius 1 is 1.04 bits per heavy atom. The molecule has 0 amide bonds. The Morgan fingerprint density at radius 3 is 2.40 bits per heavy atom. The second-order valence-electron chi connectivity index (χ2n) is 4.97. The van der Waals surface area contributed by atoms with Gasteiger partial charge in [0.15, 0.2) is 11.1 Å². The Bertz CT molecular complexity index is 803. The number of halogens is 2. The van der Waals surface area contributed by atoms with Gasteiger partial charge in [0.1, 0.15) is 0 Å². The number of anilines is 2. The number of thiazole rings is 1. The molecular formula is C17H19Cl2N5S. The number of nitrogens with two attached hydrogens (primary N) is 2. The number of guanidine groups is 1. The van der Waals surface area contributed by atoms with Crippen LogP contribution in [-0.2, 0) is 6.54 Å². The zero-order valence-corrected chi connectivity index (χ0v) is 15.7. The van der Waals surface area contributed by atoms with Crippen LogP contribution >= 0.6 is 36.2 Å². The number of nitrogens with zero attached hydrogens (tertiary/aromatic N) is 2. The summed E-state index contributed by atoms with van der Waals surface area (Å²) in [6.07, 6.45) is 0. The van der Waals surface area contributed by atoms with Crippen molar-refractivity contribution in [2.45, 2.75) is 6.54 Å². The molecule has 25 heavy (non-hydrogen) atoms. The van der Waals surface area contributed by atoms with E-state index in [1.54, 1.807) is 0 Å². The summed E-state index contributed by atoms with van der Waals surface area (Å²) in [5.74, 6) is 0.354. The van der Waals surface area contributed by atoms with Gasteiger partial charge in [-0.3, -0.25) is 0 Å². The number of hydrogen-bond donors (Lipinski definition) is 3. The molecule has 0 unspecified atom stereocenters. The third-order valence-corrected chi connectivity index (χ3v) is 3.98. The van der Waals surface area contributed by atoms with Crippen molar-refractivity contribution in [3.8, 4) is 11.3 Å². The molecule has 0 saturated carbocycles. The second kappa shape index (κ2) is 9.88. The molecule has 5 nitrogen and oxygen atoms in total. The number of benzene rings is 2. The van der Waals surface area contributed by atoms with Crippen molar-refractivity contribution in [2.24, 2.45) is 10.7 Å². The van der Waals surface area contributed by atoms with E-state index in [9.17, 15) is 0 Å². The fourth-order valence-corrected chi connectivity index (χ4v) is 2.75. The lowest BCUT2D eigenvalue weighted by molar-refractivity contribution is 1.06. The van der Waals surface area contributed by atoms with Crippen molar-refractivity contribution >= 4 is 52.9 Å². The van der Waals surface area contributed by atoms with Gasteiger partial charge in [0, 0.05) is 16.6 Å². The number of nitrogen functional groups attached to an aromatic ring is 1. The quantitative estimate of drug-likeness (QED) is 0.351. The van der Waals surface area contributed by atoms with E-state index in [-0.39, 0.29) is 24.8 Å². The highest BCUT2D eigenvalue weighted by molar-refractivity contribution is 7.14. The SMILES string of the molecule is Cl.Cl.NC(=NCc1ccccc1)Nc1nc(-c2ccc(N)cc2)cs1. The predicted octanol–water partition coefficient (Wildman–Crippen LogP) is 4.16. The third kappa shape index (κ3) is 5.94. The van der Waals surface area contributed by atoms with Gasteiger partial charge >= 0.3 is 0 Å². The smallest absolute Gasteiger partial charge is 0.195 e. The van der Waals surface area contributed by atoms with Crippen LogP contribution in [0.2, 0.25) is 0 Å². The van der Waals surface area contributed by atoms with Crippen LogP contribution in [0.15, 0.2) is 65.0 Å². The molecule has 1 heterocycles. The van der Waals surface area contributed by atoms with E-state index in [1.807, 2.05) is 60.0 Å². The van der Waals surface area contributed by atoms with Gasteiger partial charge in [-0.25, -0.2) is 9.98 Å². The Labute approximate surface area is 163 Å². The van der Waals surface area contributed by atoms with E-state index in [2.05, 4.69) is 15.3 Å². The topological polar surface area (TPSA) is 89.3 Å². The summed E-state index contributed by atoms with van der Waals surface area (Å²) >= 11 is 1.48. The summed E-state index contributed by atoms with van der Waals surface area (Å²) in [4.78, 5) is 8.83. The lowest BCUT2D eigenvalue weighted by Crippen LogP contribution is -2.22. The van der Waals surface area contributed by atoms with Gasteiger partial charge in [-0.2, -0.15) is 0 Å². The predicted molar refractivity (Wildman–Crippen MR) is 112 cm³/mol. The molecule has 2 aromatic carbocycles. The zero-order valence-electron chi connectivity index (χ0n) is 13.3. The van der Waals surface area contributed by atoms with Gasteiger partial charge < -0.3 is 16.8 Å². The van der Waals surface area contributed by atoms with Crippen LogP contribution in [0, 0.1) is 0 Å². The largest absolute Gasteiger partial charge is 0.399 e. The molecule has 3 aromatic rings. The van der Waals surface area contributed by atoms with Crippen molar-refractivity contribution in [1.82, 2.24) is 4.98 Å². The molecule has 0 aliphatic rings. The maximum Gasteiger partial charge on any atom is 0.195 e. The molecule has 0 spiro atoms. The van der Waals surface area contributed by atoms with Crippen LogP contribution in [0.1, 0.15) is 5.56 Å². The highest BCUT2D eigenvalue weighted by Gasteiger charge is 2.05. The molecule has 0 radical (unpaired) electrons. The molecule has 1 aromatic heterocycles. The normalized spacial score (nSPS) is 10.5.